The minimum atomic E-state index is -0.119. The van der Waals surface area contributed by atoms with Crippen molar-refractivity contribution in [3.8, 4) is 6.07 Å². The number of anilines is 1. The lowest BCUT2D eigenvalue weighted by Gasteiger charge is -2.00. The van der Waals surface area contributed by atoms with E-state index in [4.69, 9.17) is 5.26 Å². The number of carbonyl (C=O) groups excluding carboxylic acids is 1. The number of amides is 1. The van der Waals surface area contributed by atoms with Crippen LogP contribution in [0.1, 0.15) is 16.0 Å². The predicted molar refractivity (Wildman–Crippen MR) is 87.7 cm³/mol. The maximum absolute atomic E-state index is 11.6. The van der Waals surface area contributed by atoms with Gasteiger partial charge in [-0.2, -0.15) is 5.26 Å². The second-order valence-electron chi connectivity index (χ2n) is 4.49. The zero-order chi connectivity index (χ0) is 15.1. The first-order valence-electron chi connectivity index (χ1n) is 6.42. The first kappa shape index (κ1) is 15.5. The molecule has 1 amide bonds. The largest absolute Gasteiger partial charge is 0.301 e. The number of nitriles is 1. The highest BCUT2D eigenvalue weighted by Crippen LogP contribution is 2.21. The van der Waals surface area contributed by atoms with Crippen LogP contribution in [0.4, 0.5) is 5.13 Å². The fourth-order valence-electron chi connectivity index (χ4n) is 1.70. The first-order chi connectivity index (χ1) is 10.2. The van der Waals surface area contributed by atoms with Crippen LogP contribution in [-0.2, 0) is 11.2 Å². The van der Waals surface area contributed by atoms with Crippen LogP contribution >= 0.6 is 23.1 Å². The molecule has 21 heavy (non-hydrogen) atoms. The van der Waals surface area contributed by atoms with E-state index < -0.39 is 0 Å². The first-order valence-corrected chi connectivity index (χ1v) is 8.39. The van der Waals surface area contributed by atoms with Gasteiger partial charge in [-0.15, -0.1) is 23.1 Å². The number of hydrogen-bond donors (Lipinski definition) is 1. The highest BCUT2D eigenvalue weighted by Gasteiger charge is 2.07. The van der Waals surface area contributed by atoms with Gasteiger partial charge in [0, 0.05) is 17.5 Å². The molecule has 108 valence electrons. The van der Waals surface area contributed by atoms with E-state index in [1.807, 2.05) is 6.07 Å². The third-order valence-electron chi connectivity index (χ3n) is 2.70. The molecule has 1 N–H and O–H groups in total. The Morgan fingerprint density at radius 2 is 2.19 bits per heavy atom. The Bertz CT molecular complexity index is 644. The van der Waals surface area contributed by atoms with Crippen molar-refractivity contribution in [1.29, 1.82) is 5.26 Å². The number of carbonyl (C=O) groups is 1. The molecule has 0 unspecified atom stereocenters. The number of aryl methyl sites for hydroxylation is 1. The summed E-state index contributed by atoms with van der Waals surface area (Å²) >= 11 is 2.78. The quantitative estimate of drug-likeness (QED) is 0.831. The second-order valence-corrected chi connectivity index (χ2v) is 6.59. The molecule has 1 aromatic heterocycles. The lowest BCUT2D eigenvalue weighted by molar-refractivity contribution is -0.113. The number of thiazole rings is 1. The molecule has 0 aliphatic carbocycles. The fourth-order valence-corrected chi connectivity index (χ4v) is 3.01. The van der Waals surface area contributed by atoms with Crippen molar-refractivity contribution in [2.75, 3.05) is 16.8 Å². The zero-order valence-corrected chi connectivity index (χ0v) is 13.3. The molecule has 0 radical (unpaired) electrons. The van der Waals surface area contributed by atoms with Crippen LogP contribution < -0.4 is 5.32 Å². The van der Waals surface area contributed by atoms with E-state index in [0.29, 0.717) is 10.9 Å². The van der Waals surface area contributed by atoms with Gasteiger partial charge >= 0.3 is 0 Å². The van der Waals surface area contributed by atoms with Crippen LogP contribution in [0.5, 0.6) is 0 Å². The Morgan fingerprint density at radius 3 is 2.90 bits per heavy atom. The van der Waals surface area contributed by atoms with Gasteiger partial charge in [-0.3, -0.25) is 4.79 Å². The highest BCUT2D eigenvalue weighted by atomic mass is 32.2. The molecule has 4 nitrogen and oxygen atoms in total. The Morgan fingerprint density at radius 1 is 1.43 bits per heavy atom. The van der Waals surface area contributed by atoms with Crippen LogP contribution in [0.3, 0.4) is 0 Å². The van der Waals surface area contributed by atoms with E-state index in [2.05, 4.69) is 41.5 Å². The van der Waals surface area contributed by atoms with Crippen molar-refractivity contribution in [3.05, 3.63) is 46.5 Å². The molecule has 0 saturated heterocycles. The standard InChI is InChI=1S/C15H15N3OS2/c1-11-2-4-12(5-3-11)8-13-9-17-15(21-13)18-14(19)10-20-7-6-16/h2-5,9H,7-8,10H2,1H3,(H,17,18,19). The Balaban J connectivity index is 1.88. The van der Waals surface area contributed by atoms with Gasteiger partial charge in [0.15, 0.2) is 5.13 Å². The molecule has 0 spiro atoms. The molecule has 2 rings (SSSR count). The van der Waals surface area contributed by atoms with Crippen molar-refractivity contribution in [1.82, 2.24) is 4.98 Å². The fraction of sp³-hybridized carbons (Fsp3) is 0.267. The smallest absolute Gasteiger partial charge is 0.236 e. The summed E-state index contributed by atoms with van der Waals surface area (Å²) in [6.45, 7) is 2.06. The Labute approximate surface area is 132 Å². The molecule has 1 heterocycles. The van der Waals surface area contributed by atoms with Gasteiger partial charge < -0.3 is 5.32 Å². The van der Waals surface area contributed by atoms with E-state index in [1.54, 1.807) is 6.20 Å². The molecule has 1 aromatic carbocycles. The molecular formula is C15H15N3OS2. The average Bonchev–Trinajstić information content (AvgIpc) is 2.89. The van der Waals surface area contributed by atoms with Crippen LogP contribution in [-0.4, -0.2) is 22.4 Å². The van der Waals surface area contributed by atoms with Crippen LogP contribution in [0.15, 0.2) is 30.5 Å². The summed E-state index contributed by atoms with van der Waals surface area (Å²) in [4.78, 5) is 16.9. The number of aromatic nitrogens is 1. The van der Waals surface area contributed by atoms with Crippen molar-refractivity contribution in [2.45, 2.75) is 13.3 Å². The minimum absolute atomic E-state index is 0.119. The monoisotopic (exact) mass is 317 g/mol. The van der Waals surface area contributed by atoms with Gasteiger partial charge in [0.05, 0.1) is 17.6 Å². The second kappa shape index (κ2) is 7.81. The summed E-state index contributed by atoms with van der Waals surface area (Å²) < 4.78 is 0. The van der Waals surface area contributed by atoms with Crippen molar-refractivity contribution >= 4 is 34.1 Å². The molecule has 2 aromatic rings. The topological polar surface area (TPSA) is 65.8 Å². The summed E-state index contributed by atoms with van der Waals surface area (Å²) in [5.74, 6) is 0.483. The summed E-state index contributed by atoms with van der Waals surface area (Å²) in [6, 6.07) is 10.4. The Hall–Kier alpha value is -1.84. The maximum atomic E-state index is 11.6. The van der Waals surface area contributed by atoms with Crippen LogP contribution in [0.2, 0.25) is 0 Å². The Kier molecular flexibility index (Phi) is 5.78. The van der Waals surface area contributed by atoms with E-state index in [9.17, 15) is 4.79 Å². The molecule has 0 bridgehead atoms. The summed E-state index contributed by atoms with van der Waals surface area (Å²) in [5.41, 5.74) is 2.47. The lowest BCUT2D eigenvalue weighted by Crippen LogP contribution is -2.13. The molecule has 0 atom stereocenters. The number of thioether (sulfide) groups is 1. The summed E-state index contributed by atoms with van der Waals surface area (Å²) in [7, 11) is 0. The third kappa shape index (κ3) is 5.21. The summed E-state index contributed by atoms with van der Waals surface area (Å²) in [6.07, 6.45) is 2.61. The van der Waals surface area contributed by atoms with E-state index in [0.717, 1.165) is 11.3 Å². The van der Waals surface area contributed by atoms with Gasteiger partial charge in [0.2, 0.25) is 5.91 Å². The van der Waals surface area contributed by atoms with Crippen molar-refractivity contribution < 1.29 is 4.79 Å². The normalized spacial score (nSPS) is 10.1. The number of nitrogens with one attached hydrogen (secondary N) is 1. The number of benzene rings is 1. The molecule has 0 fully saturated rings. The number of nitrogens with zero attached hydrogens (tertiary/aromatic N) is 2. The number of hydrogen-bond acceptors (Lipinski definition) is 5. The summed E-state index contributed by atoms with van der Waals surface area (Å²) in [5, 5.41) is 11.8. The third-order valence-corrected chi connectivity index (χ3v) is 4.41. The van der Waals surface area contributed by atoms with E-state index in [1.165, 1.54) is 34.2 Å². The molecule has 6 heteroatoms. The van der Waals surface area contributed by atoms with E-state index >= 15 is 0 Å². The van der Waals surface area contributed by atoms with Crippen LogP contribution in [0.25, 0.3) is 0 Å². The van der Waals surface area contributed by atoms with Gasteiger partial charge in [0.1, 0.15) is 0 Å². The predicted octanol–water partition coefficient (Wildman–Crippen LogP) is 3.24. The maximum Gasteiger partial charge on any atom is 0.236 e. The van der Waals surface area contributed by atoms with Gasteiger partial charge in [-0.25, -0.2) is 4.98 Å². The van der Waals surface area contributed by atoms with Crippen LogP contribution in [0, 0.1) is 18.3 Å². The van der Waals surface area contributed by atoms with Crippen molar-refractivity contribution in [3.63, 3.8) is 0 Å². The molecule has 0 aliphatic heterocycles. The minimum Gasteiger partial charge on any atom is -0.301 e. The number of rotatable bonds is 6. The van der Waals surface area contributed by atoms with Gasteiger partial charge in [-0.05, 0) is 12.5 Å². The van der Waals surface area contributed by atoms with E-state index in [-0.39, 0.29) is 11.7 Å². The zero-order valence-electron chi connectivity index (χ0n) is 11.6. The molecule has 0 saturated carbocycles. The average molecular weight is 317 g/mol. The highest BCUT2D eigenvalue weighted by molar-refractivity contribution is 8.00. The molecule has 0 aliphatic rings. The van der Waals surface area contributed by atoms with Gasteiger partial charge in [-0.1, -0.05) is 29.8 Å². The van der Waals surface area contributed by atoms with Crippen molar-refractivity contribution in [2.24, 2.45) is 0 Å². The molecular weight excluding hydrogens is 302 g/mol. The SMILES string of the molecule is Cc1ccc(Cc2cnc(NC(=O)CSCC#N)s2)cc1. The lowest BCUT2D eigenvalue weighted by atomic mass is 10.1. The van der Waals surface area contributed by atoms with Gasteiger partial charge in [0.25, 0.3) is 0 Å².